The second kappa shape index (κ2) is 9.53. The zero-order valence-corrected chi connectivity index (χ0v) is 17.6. The lowest BCUT2D eigenvalue weighted by Gasteiger charge is -2.10. The van der Waals surface area contributed by atoms with Crippen molar-refractivity contribution in [1.82, 2.24) is 9.97 Å². The van der Waals surface area contributed by atoms with Crippen LogP contribution in [0.2, 0.25) is 0 Å². The van der Waals surface area contributed by atoms with E-state index in [0.717, 1.165) is 32.8 Å². The Balaban J connectivity index is 1.35. The maximum Gasteiger partial charge on any atom is 0.225 e. The molecule has 1 amide bonds. The van der Waals surface area contributed by atoms with E-state index in [-0.39, 0.29) is 11.7 Å². The lowest BCUT2D eigenvalue weighted by molar-refractivity contribution is -0.114. The minimum Gasteiger partial charge on any atom is -0.493 e. The highest BCUT2D eigenvalue weighted by Crippen LogP contribution is 2.37. The summed E-state index contributed by atoms with van der Waals surface area (Å²) in [6.07, 6.45) is 2.14. The molecular weight excluding hydrogens is 417 g/mol. The maximum atomic E-state index is 13.3. The number of fused-ring (bicyclic) bond motifs is 1. The van der Waals surface area contributed by atoms with Crippen LogP contribution < -0.4 is 14.8 Å². The number of aromatic nitrogens is 2. The van der Waals surface area contributed by atoms with Crippen LogP contribution in [0.4, 0.5) is 10.1 Å². The van der Waals surface area contributed by atoms with Crippen LogP contribution in [-0.4, -0.2) is 29.1 Å². The molecule has 2 heterocycles. The third-order valence-corrected chi connectivity index (χ3v) is 5.35. The zero-order valence-electron chi connectivity index (χ0n) is 16.8. The molecule has 4 rings (SSSR count). The molecule has 0 spiro atoms. The largest absolute Gasteiger partial charge is 0.493 e. The summed E-state index contributed by atoms with van der Waals surface area (Å²) in [5.74, 6) is 0.832. The van der Waals surface area contributed by atoms with Crippen LogP contribution in [-0.2, 0) is 4.79 Å². The molecule has 0 saturated heterocycles. The summed E-state index contributed by atoms with van der Waals surface area (Å²) in [6, 6.07) is 13.5. The first-order valence-electron chi connectivity index (χ1n) is 9.71. The van der Waals surface area contributed by atoms with Crippen molar-refractivity contribution in [3.8, 4) is 22.8 Å². The molecule has 0 bridgehead atoms. The van der Waals surface area contributed by atoms with Crippen molar-refractivity contribution in [3.05, 3.63) is 66.1 Å². The highest BCUT2D eigenvalue weighted by atomic mass is 32.1. The minimum atomic E-state index is -0.277. The van der Waals surface area contributed by atoms with Crippen molar-refractivity contribution >= 4 is 33.1 Å². The molecule has 2 aromatic carbocycles. The average molecular weight is 437 g/mol. The summed E-state index contributed by atoms with van der Waals surface area (Å²) in [7, 11) is 0. The smallest absolute Gasteiger partial charge is 0.225 e. The van der Waals surface area contributed by atoms with Gasteiger partial charge in [-0.05, 0) is 42.0 Å². The molecule has 0 unspecified atom stereocenters. The van der Waals surface area contributed by atoms with E-state index in [2.05, 4.69) is 15.3 Å². The number of benzene rings is 2. The van der Waals surface area contributed by atoms with E-state index >= 15 is 0 Å². The van der Waals surface area contributed by atoms with Gasteiger partial charge in [0.25, 0.3) is 0 Å². The topological polar surface area (TPSA) is 73.3 Å². The van der Waals surface area contributed by atoms with Gasteiger partial charge in [0.05, 0.1) is 18.6 Å². The number of amides is 1. The van der Waals surface area contributed by atoms with Crippen LogP contribution >= 0.6 is 11.3 Å². The highest BCUT2D eigenvalue weighted by molar-refractivity contribution is 7.17. The predicted molar refractivity (Wildman–Crippen MR) is 119 cm³/mol. The Kier molecular flexibility index (Phi) is 6.37. The van der Waals surface area contributed by atoms with Crippen LogP contribution in [0.5, 0.6) is 11.6 Å². The SMILES string of the molecule is CC(=O)Nc1ccc(OCCCOc2ncnc3scc(-c4ccc(F)cc4)c23)cc1. The van der Waals surface area contributed by atoms with E-state index in [1.54, 1.807) is 36.4 Å². The fraction of sp³-hybridized carbons (Fsp3) is 0.174. The zero-order chi connectivity index (χ0) is 21.6. The number of ether oxygens (including phenoxy) is 2. The molecule has 4 aromatic rings. The first-order valence-corrected chi connectivity index (χ1v) is 10.6. The van der Waals surface area contributed by atoms with Crippen LogP contribution in [0.25, 0.3) is 21.3 Å². The molecule has 0 saturated carbocycles. The molecule has 31 heavy (non-hydrogen) atoms. The lowest BCUT2D eigenvalue weighted by Crippen LogP contribution is -2.07. The molecular formula is C23H20FN3O3S. The van der Waals surface area contributed by atoms with Crippen LogP contribution in [0.1, 0.15) is 13.3 Å². The fourth-order valence-corrected chi connectivity index (χ4v) is 3.96. The summed E-state index contributed by atoms with van der Waals surface area (Å²) >= 11 is 1.50. The van der Waals surface area contributed by atoms with Gasteiger partial charge in [-0.2, -0.15) is 0 Å². The summed E-state index contributed by atoms with van der Waals surface area (Å²) in [5.41, 5.74) is 2.54. The van der Waals surface area contributed by atoms with Gasteiger partial charge in [0, 0.05) is 30.0 Å². The Labute approximate surface area is 182 Å². The maximum absolute atomic E-state index is 13.3. The minimum absolute atomic E-state index is 0.113. The molecule has 2 aromatic heterocycles. The molecule has 0 atom stereocenters. The molecule has 0 aliphatic carbocycles. The first kappa shape index (κ1) is 20.7. The Morgan fingerprint density at radius 1 is 1.03 bits per heavy atom. The standard InChI is InChI=1S/C23H20FN3O3S/c1-15(28)27-18-7-9-19(10-8-18)29-11-2-12-30-22-21-20(13-31-23(21)26-14-25-22)16-3-5-17(24)6-4-16/h3-10,13-14H,2,11-12H2,1H3,(H,27,28). The number of anilines is 1. The predicted octanol–water partition coefficient (Wildman–Crippen LogP) is 5.30. The van der Waals surface area contributed by atoms with Crippen LogP contribution in [0.3, 0.4) is 0 Å². The van der Waals surface area contributed by atoms with Gasteiger partial charge >= 0.3 is 0 Å². The molecule has 0 radical (unpaired) electrons. The Bertz CT molecular complexity index is 1180. The van der Waals surface area contributed by atoms with Crippen molar-refractivity contribution in [2.45, 2.75) is 13.3 Å². The summed E-state index contributed by atoms with van der Waals surface area (Å²) in [6.45, 7) is 2.37. The number of carbonyl (C=O) groups excluding carboxylic acids is 1. The summed E-state index contributed by atoms with van der Waals surface area (Å²) in [5, 5.41) is 5.52. The Hall–Kier alpha value is -3.52. The van der Waals surface area contributed by atoms with E-state index in [1.165, 1.54) is 36.7 Å². The third-order valence-electron chi connectivity index (χ3n) is 4.46. The number of carbonyl (C=O) groups is 1. The quantitative estimate of drug-likeness (QED) is 0.379. The van der Waals surface area contributed by atoms with Crippen molar-refractivity contribution in [2.75, 3.05) is 18.5 Å². The monoisotopic (exact) mass is 437 g/mol. The van der Waals surface area contributed by atoms with Gasteiger partial charge in [-0.1, -0.05) is 12.1 Å². The number of nitrogens with zero attached hydrogens (tertiary/aromatic N) is 2. The van der Waals surface area contributed by atoms with Gasteiger partial charge in [-0.25, -0.2) is 14.4 Å². The summed E-state index contributed by atoms with van der Waals surface area (Å²) < 4.78 is 24.9. The van der Waals surface area contributed by atoms with Gasteiger partial charge in [-0.15, -0.1) is 11.3 Å². The van der Waals surface area contributed by atoms with E-state index in [1.807, 2.05) is 5.38 Å². The van der Waals surface area contributed by atoms with E-state index in [0.29, 0.717) is 25.5 Å². The van der Waals surface area contributed by atoms with Gasteiger partial charge < -0.3 is 14.8 Å². The van der Waals surface area contributed by atoms with Gasteiger partial charge in [-0.3, -0.25) is 4.79 Å². The third kappa shape index (κ3) is 5.16. The first-order chi connectivity index (χ1) is 15.1. The number of hydrogen-bond acceptors (Lipinski definition) is 6. The molecule has 0 aliphatic rings. The van der Waals surface area contributed by atoms with Crippen LogP contribution in [0, 0.1) is 5.82 Å². The Morgan fingerprint density at radius 2 is 1.77 bits per heavy atom. The fourth-order valence-electron chi connectivity index (χ4n) is 3.05. The number of nitrogens with one attached hydrogen (secondary N) is 1. The number of halogens is 1. The van der Waals surface area contributed by atoms with Gasteiger partial charge in [0.15, 0.2) is 0 Å². The van der Waals surface area contributed by atoms with Crippen molar-refractivity contribution < 1.29 is 18.7 Å². The second-order valence-electron chi connectivity index (χ2n) is 6.77. The van der Waals surface area contributed by atoms with Crippen molar-refractivity contribution in [1.29, 1.82) is 0 Å². The molecule has 0 fully saturated rings. The van der Waals surface area contributed by atoms with Crippen LogP contribution in [0.15, 0.2) is 60.2 Å². The molecule has 0 aliphatic heterocycles. The molecule has 8 heteroatoms. The van der Waals surface area contributed by atoms with Crippen molar-refractivity contribution in [2.24, 2.45) is 0 Å². The molecule has 1 N–H and O–H groups in total. The van der Waals surface area contributed by atoms with E-state index in [9.17, 15) is 9.18 Å². The molecule has 6 nitrogen and oxygen atoms in total. The molecule has 158 valence electrons. The summed E-state index contributed by atoms with van der Waals surface area (Å²) in [4.78, 5) is 20.5. The lowest BCUT2D eigenvalue weighted by atomic mass is 10.1. The van der Waals surface area contributed by atoms with Gasteiger partial charge in [0.2, 0.25) is 11.8 Å². The normalized spacial score (nSPS) is 10.8. The average Bonchev–Trinajstić information content (AvgIpc) is 3.20. The number of rotatable bonds is 8. The Morgan fingerprint density at radius 3 is 2.52 bits per heavy atom. The second-order valence-corrected chi connectivity index (χ2v) is 7.63. The highest BCUT2D eigenvalue weighted by Gasteiger charge is 2.14. The van der Waals surface area contributed by atoms with Gasteiger partial charge in [0.1, 0.15) is 22.7 Å². The number of hydrogen-bond donors (Lipinski definition) is 1. The number of thiophene rings is 1. The van der Waals surface area contributed by atoms with E-state index < -0.39 is 0 Å². The van der Waals surface area contributed by atoms with E-state index in [4.69, 9.17) is 9.47 Å². The van der Waals surface area contributed by atoms with Crippen molar-refractivity contribution in [3.63, 3.8) is 0 Å².